The molecule has 0 unspecified atom stereocenters. The number of nitrogens with zero attached hydrogens (tertiary/aromatic N) is 4. The Morgan fingerprint density at radius 2 is 2.32 bits per heavy atom. The molecule has 9 nitrogen and oxygen atoms in total. The smallest absolute Gasteiger partial charge is 0.414 e. The van der Waals surface area contributed by atoms with Crippen molar-refractivity contribution in [2.75, 3.05) is 11.9 Å². The zero-order valence-corrected chi connectivity index (χ0v) is 9.61. The van der Waals surface area contributed by atoms with E-state index in [0.717, 1.165) is 4.52 Å². The molecule has 0 bridgehead atoms. The lowest BCUT2D eigenvalue weighted by Crippen LogP contribution is -2.17. The highest BCUT2D eigenvalue weighted by molar-refractivity contribution is 5.87. The van der Waals surface area contributed by atoms with Gasteiger partial charge in [-0.2, -0.15) is 9.61 Å². The second kappa shape index (κ2) is 5.12. The molecule has 1 amide bonds. The van der Waals surface area contributed by atoms with Gasteiger partial charge in [0.1, 0.15) is 12.9 Å². The monoisotopic (exact) mass is 263 g/mol. The van der Waals surface area contributed by atoms with Gasteiger partial charge in [0.2, 0.25) is 5.95 Å². The molecule has 0 aliphatic carbocycles. The van der Waals surface area contributed by atoms with Gasteiger partial charge >= 0.3 is 12.1 Å². The molecule has 0 fully saturated rings. The van der Waals surface area contributed by atoms with E-state index in [-0.39, 0.29) is 23.9 Å². The summed E-state index contributed by atoms with van der Waals surface area (Å²) < 4.78 is 5.81. The minimum absolute atomic E-state index is 0.00608. The van der Waals surface area contributed by atoms with Crippen molar-refractivity contribution in [2.45, 2.75) is 0 Å². The summed E-state index contributed by atoms with van der Waals surface area (Å²) in [6, 6.07) is 1.25. The lowest BCUT2D eigenvalue weighted by Gasteiger charge is -2.05. The Hall–Kier alpha value is -2.97. The Bertz CT molecular complexity index is 650. The lowest BCUT2D eigenvalue weighted by atomic mass is 10.4. The number of aromatic carboxylic acids is 1. The summed E-state index contributed by atoms with van der Waals surface area (Å²) in [5, 5.41) is 14.9. The van der Waals surface area contributed by atoms with Crippen molar-refractivity contribution in [3.8, 4) is 0 Å². The van der Waals surface area contributed by atoms with Gasteiger partial charge in [-0.05, 0) is 0 Å². The van der Waals surface area contributed by atoms with Gasteiger partial charge in [-0.1, -0.05) is 12.7 Å². The van der Waals surface area contributed by atoms with Crippen LogP contribution >= 0.6 is 0 Å². The molecule has 2 aromatic heterocycles. The molecule has 2 aromatic rings. The summed E-state index contributed by atoms with van der Waals surface area (Å²) in [4.78, 5) is 29.8. The number of fused-ring (bicyclic) bond motifs is 1. The van der Waals surface area contributed by atoms with Crippen molar-refractivity contribution in [3.05, 3.63) is 30.7 Å². The van der Waals surface area contributed by atoms with Crippen LogP contribution in [-0.4, -0.2) is 43.4 Å². The molecule has 0 spiro atoms. The van der Waals surface area contributed by atoms with Gasteiger partial charge in [0.15, 0.2) is 11.3 Å². The average Bonchev–Trinajstić information content (AvgIpc) is 2.81. The second-order valence-corrected chi connectivity index (χ2v) is 3.31. The SMILES string of the molecule is C=CCOC(=O)Nc1ncnc2cc(C(=O)O)nn12. The minimum atomic E-state index is -1.20. The Balaban J connectivity index is 2.30. The number of rotatable bonds is 4. The highest BCUT2D eigenvalue weighted by Crippen LogP contribution is 2.08. The average molecular weight is 263 g/mol. The van der Waals surface area contributed by atoms with Crippen molar-refractivity contribution in [1.29, 1.82) is 0 Å². The topological polar surface area (TPSA) is 119 Å². The summed E-state index contributed by atoms with van der Waals surface area (Å²) in [5.41, 5.74) is 0.0365. The Kier molecular flexibility index (Phi) is 3.37. The van der Waals surface area contributed by atoms with Crippen LogP contribution in [0.15, 0.2) is 25.0 Å². The van der Waals surface area contributed by atoms with Crippen LogP contribution in [0.5, 0.6) is 0 Å². The van der Waals surface area contributed by atoms with Crippen LogP contribution in [0.4, 0.5) is 10.7 Å². The second-order valence-electron chi connectivity index (χ2n) is 3.31. The molecule has 19 heavy (non-hydrogen) atoms. The summed E-state index contributed by atoms with van der Waals surface area (Å²) in [5.74, 6) is -1.20. The number of nitrogens with one attached hydrogen (secondary N) is 1. The van der Waals surface area contributed by atoms with Gasteiger partial charge in [-0.3, -0.25) is 5.32 Å². The van der Waals surface area contributed by atoms with Crippen LogP contribution in [0.25, 0.3) is 5.65 Å². The summed E-state index contributed by atoms with van der Waals surface area (Å²) in [6.45, 7) is 3.44. The van der Waals surface area contributed by atoms with Crippen molar-refractivity contribution in [3.63, 3.8) is 0 Å². The van der Waals surface area contributed by atoms with Crippen LogP contribution in [-0.2, 0) is 4.74 Å². The summed E-state index contributed by atoms with van der Waals surface area (Å²) >= 11 is 0. The van der Waals surface area contributed by atoms with E-state index < -0.39 is 12.1 Å². The first-order valence-electron chi connectivity index (χ1n) is 5.10. The number of carboxylic acid groups (broad SMARTS) is 1. The predicted octanol–water partition coefficient (Wildman–Crippen LogP) is 0.557. The van der Waals surface area contributed by atoms with E-state index in [1.165, 1.54) is 18.5 Å². The third kappa shape index (κ3) is 2.65. The molecule has 0 radical (unpaired) electrons. The number of hydrogen-bond acceptors (Lipinski definition) is 6. The molecule has 0 saturated heterocycles. The highest BCUT2D eigenvalue weighted by atomic mass is 16.5. The summed E-state index contributed by atoms with van der Waals surface area (Å²) in [6.07, 6.45) is 1.82. The fourth-order valence-corrected chi connectivity index (χ4v) is 1.27. The third-order valence-corrected chi connectivity index (χ3v) is 2.03. The molecule has 2 rings (SSSR count). The van der Waals surface area contributed by atoms with E-state index in [2.05, 4.69) is 27.0 Å². The number of hydrogen-bond donors (Lipinski definition) is 2. The fraction of sp³-hybridized carbons (Fsp3) is 0.100. The number of carboxylic acids is 1. The van der Waals surface area contributed by atoms with E-state index in [1.54, 1.807) is 0 Å². The van der Waals surface area contributed by atoms with E-state index in [0.29, 0.717) is 0 Å². The van der Waals surface area contributed by atoms with Crippen LogP contribution in [0.1, 0.15) is 10.5 Å². The molecule has 2 N–H and O–H groups in total. The maximum Gasteiger partial charge on any atom is 0.414 e. The number of amides is 1. The number of anilines is 1. The molecular weight excluding hydrogens is 254 g/mol. The Morgan fingerprint density at radius 1 is 1.53 bits per heavy atom. The Labute approximate surface area is 106 Å². The van der Waals surface area contributed by atoms with Crippen LogP contribution < -0.4 is 5.32 Å². The largest absolute Gasteiger partial charge is 0.476 e. The third-order valence-electron chi connectivity index (χ3n) is 2.03. The maximum atomic E-state index is 11.4. The molecule has 0 aromatic carbocycles. The van der Waals surface area contributed by atoms with Crippen molar-refractivity contribution in [1.82, 2.24) is 19.6 Å². The first-order chi connectivity index (χ1) is 9.11. The highest BCUT2D eigenvalue weighted by Gasteiger charge is 2.14. The van der Waals surface area contributed by atoms with E-state index >= 15 is 0 Å². The number of aromatic nitrogens is 4. The molecular formula is C10H9N5O4. The van der Waals surface area contributed by atoms with Crippen molar-refractivity contribution >= 4 is 23.7 Å². The molecule has 0 saturated carbocycles. The first-order valence-corrected chi connectivity index (χ1v) is 5.10. The number of carbonyl (C=O) groups excluding carboxylic acids is 1. The number of ether oxygens (including phenoxy) is 1. The van der Waals surface area contributed by atoms with Crippen LogP contribution in [0, 0.1) is 0 Å². The van der Waals surface area contributed by atoms with Crippen molar-refractivity contribution < 1.29 is 19.4 Å². The lowest BCUT2D eigenvalue weighted by molar-refractivity contribution is 0.0690. The van der Waals surface area contributed by atoms with E-state index in [9.17, 15) is 9.59 Å². The van der Waals surface area contributed by atoms with E-state index in [1.807, 2.05) is 0 Å². The molecule has 0 aliphatic heterocycles. The fourth-order valence-electron chi connectivity index (χ4n) is 1.27. The van der Waals surface area contributed by atoms with Crippen molar-refractivity contribution in [2.24, 2.45) is 0 Å². The van der Waals surface area contributed by atoms with Gasteiger partial charge in [0, 0.05) is 6.07 Å². The zero-order valence-electron chi connectivity index (χ0n) is 9.61. The quantitative estimate of drug-likeness (QED) is 0.773. The molecule has 2 heterocycles. The normalized spacial score (nSPS) is 10.1. The van der Waals surface area contributed by atoms with Gasteiger partial charge in [-0.25, -0.2) is 19.6 Å². The van der Waals surface area contributed by atoms with Crippen LogP contribution in [0.3, 0.4) is 0 Å². The predicted molar refractivity (Wildman–Crippen MR) is 62.9 cm³/mol. The molecule has 0 aliphatic rings. The first kappa shape index (κ1) is 12.5. The van der Waals surface area contributed by atoms with Gasteiger partial charge in [0.25, 0.3) is 0 Å². The minimum Gasteiger partial charge on any atom is -0.476 e. The molecule has 98 valence electrons. The van der Waals surface area contributed by atoms with Gasteiger partial charge in [0.05, 0.1) is 0 Å². The van der Waals surface area contributed by atoms with Crippen LogP contribution in [0.2, 0.25) is 0 Å². The van der Waals surface area contributed by atoms with E-state index in [4.69, 9.17) is 9.84 Å². The van der Waals surface area contributed by atoms with Gasteiger partial charge in [-0.15, -0.1) is 0 Å². The van der Waals surface area contributed by atoms with Gasteiger partial charge < -0.3 is 9.84 Å². The Morgan fingerprint density at radius 3 is 3.00 bits per heavy atom. The molecule has 9 heteroatoms. The number of carbonyl (C=O) groups is 2. The zero-order chi connectivity index (χ0) is 13.8. The molecule has 0 atom stereocenters. The maximum absolute atomic E-state index is 11.4. The summed E-state index contributed by atoms with van der Waals surface area (Å²) in [7, 11) is 0. The standard InChI is InChI=1S/C10H9N5O4/c1-2-3-19-10(18)13-9-12-5-11-7-4-6(8(16)17)14-15(7)9/h2,4-5H,1,3H2,(H,16,17)(H,11,12,13,18).